The molecule has 2 nitrogen and oxygen atoms in total. The van der Waals surface area contributed by atoms with Crippen LogP contribution in [0.15, 0.2) is 0 Å². The topological polar surface area (TPSA) is 35.2 Å². The van der Waals surface area contributed by atoms with E-state index in [2.05, 4.69) is 6.92 Å². The van der Waals surface area contributed by atoms with E-state index in [0.29, 0.717) is 17.4 Å². The Bertz CT molecular complexity index is 181. The predicted molar refractivity (Wildman–Crippen MR) is 58.1 cm³/mol. The van der Waals surface area contributed by atoms with Crippen LogP contribution < -0.4 is 5.73 Å². The molecule has 2 rings (SSSR count). The third-order valence-electron chi connectivity index (χ3n) is 4.32. The van der Waals surface area contributed by atoms with Gasteiger partial charge in [0.25, 0.3) is 0 Å². The highest BCUT2D eigenvalue weighted by Gasteiger charge is 2.39. The maximum atomic E-state index is 6.43. The quantitative estimate of drug-likeness (QED) is 0.737. The molecule has 0 radical (unpaired) electrons. The molecule has 2 heteroatoms. The average Bonchev–Trinajstić information content (AvgIpc) is 2.67. The summed E-state index contributed by atoms with van der Waals surface area (Å²) in [5.74, 6) is 0.715. The van der Waals surface area contributed by atoms with Crippen LogP contribution in [0.1, 0.15) is 45.4 Å². The van der Waals surface area contributed by atoms with Gasteiger partial charge in [0.1, 0.15) is 0 Å². The third kappa shape index (κ3) is 1.96. The highest BCUT2D eigenvalue weighted by molar-refractivity contribution is 4.93. The number of hydrogen-bond acceptors (Lipinski definition) is 2. The first-order valence-corrected chi connectivity index (χ1v) is 6.06. The maximum absolute atomic E-state index is 6.43. The number of rotatable bonds is 2. The highest BCUT2D eigenvalue weighted by Crippen LogP contribution is 2.43. The van der Waals surface area contributed by atoms with Crippen LogP contribution in [-0.2, 0) is 4.74 Å². The van der Waals surface area contributed by atoms with Crippen molar-refractivity contribution < 1.29 is 4.74 Å². The first kappa shape index (κ1) is 10.4. The van der Waals surface area contributed by atoms with Crippen LogP contribution in [0.25, 0.3) is 0 Å². The van der Waals surface area contributed by atoms with Gasteiger partial charge in [0.15, 0.2) is 0 Å². The van der Waals surface area contributed by atoms with E-state index >= 15 is 0 Å². The molecule has 1 saturated heterocycles. The van der Waals surface area contributed by atoms with Gasteiger partial charge >= 0.3 is 0 Å². The summed E-state index contributed by atoms with van der Waals surface area (Å²) in [5.41, 5.74) is 6.86. The number of hydrogen-bond donors (Lipinski definition) is 1. The average molecular weight is 197 g/mol. The van der Waals surface area contributed by atoms with Crippen molar-refractivity contribution in [3.05, 3.63) is 0 Å². The zero-order chi connectivity index (χ0) is 10.0. The fourth-order valence-electron chi connectivity index (χ4n) is 3.16. The first-order chi connectivity index (χ1) is 6.72. The Labute approximate surface area is 87.2 Å². The highest BCUT2D eigenvalue weighted by atomic mass is 16.5. The zero-order valence-corrected chi connectivity index (χ0v) is 9.30. The van der Waals surface area contributed by atoms with Crippen molar-refractivity contribution in [1.29, 1.82) is 0 Å². The molecule has 1 heterocycles. The van der Waals surface area contributed by atoms with Crippen LogP contribution in [0.5, 0.6) is 0 Å². The van der Waals surface area contributed by atoms with E-state index in [9.17, 15) is 0 Å². The molecule has 0 aromatic heterocycles. The predicted octanol–water partition coefficient (Wildman–Crippen LogP) is 2.32. The minimum Gasteiger partial charge on any atom is -0.381 e. The van der Waals surface area contributed by atoms with Crippen LogP contribution in [0, 0.1) is 11.3 Å². The second-order valence-electron chi connectivity index (χ2n) is 5.34. The van der Waals surface area contributed by atoms with Gasteiger partial charge < -0.3 is 10.5 Å². The lowest BCUT2D eigenvalue weighted by atomic mass is 9.73. The van der Waals surface area contributed by atoms with Crippen LogP contribution >= 0.6 is 0 Å². The fourth-order valence-corrected chi connectivity index (χ4v) is 3.16. The van der Waals surface area contributed by atoms with E-state index in [4.69, 9.17) is 10.5 Å². The minimum atomic E-state index is 0.411. The van der Waals surface area contributed by atoms with Gasteiger partial charge in [-0.1, -0.05) is 19.8 Å². The molecule has 2 fully saturated rings. The molecule has 0 aromatic carbocycles. The van der Waals surface area contributed by atoms with Gasteiger partial charge in [-0.25, -0.2) is 0 Å². The summed E-state index contributed by atoms with van der Waals surface area (Å²) in [6, 6.07) is 0.411. The fraction of sp³-hybridized carbons (Fsp3) is 1.00. The molecule has 1 atom stereocenters. The molecule has 0 bridgehead atoms. The summed E-state index contributed by atoms with van der Waals surface area (Å²) < 4.78 is 5.39. The molecule has 0 amide bonds. The molecule has 2 N–H and O–H groups in total. The Balaban J connectivity index is 1.95. The second-order valence-corrected chi connectivity index (χ2v) is 5.34. The summed E-state index contributed by atoms with van der Waals surface area (Å²) in [4.78, 5) is 0. The monoisotopic (exact) mass is 197 g/mol. The molecular weight excluding hydrogens is 174 g/mol. The molecule has 0 aromatic rings. The second kappa shape index (κ2) is 4.19. The summed E-state index contributed by atoms with van der Waals surface area (Å²) in [5, 5.41) is 0. The van der Waals surface area contributed by atoms with Gasteiger partial charge in [-0.05, 0) is 37.0 Å². The first-order valence-electron chi connectivity index (χ1n) is 6.06. The summed E-state index contributed by atoms with van der Waals surface area (Å²) in [6.45, 7) is 4.24. The lowest BCUT2D eigenvalue weighted by Gasteiger charge is -2.38. The maximum Gasteiger partial charge on any atom is 0.0469 e. The van der Waals surface area contributed by atoms with Gasteiger partial charge in [-0.3, -0.25) is 0 Å². The SMILES string of the molecule is CC1(C(N)C2CCOCC2)CCCC1. The van der Waals surface area contributed by atoms with E-state index in [-0.39, 0.29) is 0 Å². The molecular formula is C12H23NO. The van der Waals surface area contributed by atoms with Gasteiger partial charge in [0.05, 0.1) is 0 Å². The van der Waals surface area contributed by atoms with Crippen LogP contribution in [0.2, 0.25) is 0 Å². The molecule has 1 saturated carbocycles. The minimum absolute atomic E-state index is 0.411. The van der Waals surface area contributed by atoms with Crippen molar-refractivity contribution in [1.82, 2.24) is 0 Å². The third-order valence-corrected chi connectivity index (χ3v) is 4.32. The Kier molecular flexibility index (Phi) is 3.13. The van der Waals surface area contributed by atoms with Crippen molar-refractivity contribution in [2.24, 2.45) is 17.1 Å². The Morgan fingerprint density at radius 1 is 1.21 bits per heavy atom. The van der Waals surface area contributed by atoms with Crippen molar-refractivity contribution in [3.8, 4) is 0 Å². The van der Waals surface area contributed by atoms with Gasteiger partial charge in [-0.2, -0.15) is 0 Å². The van der Waals surface area contributed by atoms with E-state index < -0.39 is 0 Å². The van der Waals surface area contributed by atoms with Crippen LogP contribution in [0.3, 0.4) is 0 Å². The summed E-state index contributed by atoms with van der Waals surface area (Å²) >= 11 is 0. The van der Waals surface area contributed by atoms with Crippen molar-refractivity contribution in [2.45, 2.75) is 51.5 Å². The Morgan fingerprint density at radius 3 is 2.36 bits per heavy atom. The smallest absolute Gasteiger partial charge is 0.0469 e. The van der Waals surface area contributed by atoms with Crippen molar-refractivity contribution in [3.63, 3.8) is 0 Å². The molecule has 14 heavy (non-hydrogen) atoms. The molecule has 1 aliphatic heterocycles. The van der Waals surface area contributed by atoms with Crippen molar-refractivity contribution >= 4 is 0 Å². The molecule has 82 valence electrons. The molecule has 0 spiro atoms. The Morgan fingerprint density at radius 2 is 1.79 bits per heavy atom. The standard InChI is InChI=1S/C12H23NO/c1-12(6-2-3-7-12)11(13)10-4-8-14-9-5-10/h10-11H,2-9,13H2,1H3. The van der Waals surface area contributed by atoms with Gasteiger partial charge in [0.2, 0.25) is 0 Å². The van der Waals surface area contributed by atoms with Crippen LogP contribution in [-0.4, -0.2) is 19.3 Å². The van der Waals surface area contributed by atoms with Gasteiger partial charge in [0, 0.05) is 19.3 Å². The van der Waals surface area contributed by atoms with Crippen LogP contribution in [0.4, 0.5) is 0 Å². The lowest BCUT2D eigenvalue weighted by molar-refractivity contribution is 0.0386. The normalized spacial score (nSPS) is 30.4. The molecule has 1 aliphatic carbocycles. The number of ether oxygens (including phenoxy) is 1. The van der Waals surface area contributed by atoms with E-state index in [1.54, 1.807) is 0 Å². The van der Waals surface area contributed by atoms with E-state index in [1.165, 1.54) is 38.5 Å². The summed E-state index contributed by atoms with van der Waals surface area (Å²) in [6.07, 6.45) is 7.80. The molecule has 1 unspecified atom stereocenters. The van der Waals surface area contributed by atoms with Gasteiger partial charge in [-0.15, -0.1) is 0 Å². The zero-order valence-electron chi connectivity index (χ0n) is 9.30. The largest absolute Gasteiger partial charge is 0.381 e. The lowest BCUT2D eigenvalue weighted by Crippen LogP contribution is -2.45. The Hall–Kier alpha value is -0.0800. The van der Waals surface area contributed by atoms with Crippen molar-refractivity contribution in [2.75, 3.05) is 13.2 Å². The summed E-state index contributed by atoms with van der Waals surface area (Å²) in [7, 11) is 0. The molecule has 2 aliphatic rings. The van der Waals surface area contributed by atoms with E-state index in [1.807, 2.05) is 0 Å². The van der Waals surface area contributed by atoms with E-state index in [0.717, 1.165) is 13.2 Å². The number of nitrogens with two attached hydrogens (primary N) is 1.